The average molecular weight is 615 g/mol. The number of aliphatic hydroxyl groups excluding tert-OH is 1. The van der Waals surface area contributed by atoms with E-state index >= 15 is 0 Å². The predicted octanol–water partition coefficient (Wildman–Crippen LogP) is 5.63. The molecule has 0 spiro atoms. The number of hydrogen-bond acceptors (Lipinski definition) is 7. The van der Waals surface area contributed by atoms with Crippen LogP contribution in [-0.4, -0.2) is 48.1 Å². The molecule has 0 saturated carbocycles. The van der Waals surface area contributed by atoms with Crippen LogP contribution in [0.1, 0.15) is 73.2 Å². The van der Waals surface area contributed by atoms with Crippen LogP contribution in [0.5, 0.6) is 0 Å². The van der Waals surface area contributed by atoms with E-state index < -0.39 is 6.29 Å². The third kappa shape index (κ3) is 10.8. The molecule has 1 heterocycles. The molecule has 2 amide bonds. The number of nitrogens with zero attached hydrogens (tertiary/aromatic N) is 1. The summed E-state index contributed by atoms with van der Waals surface area (Å²) >= 11 is 0. The number of aliphatic hydroxyl groups is 1. The van der Waals surface area contributed by atoms with E-state index in [1.807, 2.05) is 73.8 Å². The number of carbonyl (C=O) groups excluding carboxylic acids is 2. The normalized spacial score (nSPS) is 18.0. The van der Waals surface area contributed by atoms with Crippen LogP contribution >= 0.6 is 0 Å². The van der Waals surface area contributed by atoms with Gasteiger partial charge in [0.25, 0.3) is 0 Å². The molecular formula is C36H46N4O5. The molecule has 240 valence electrons. The standard InChI is InChI=1S/C36H46N4O5/c1-3-21-40(2)24-30-22-33(28-17-15-27(25-41)16-18-28)45-36(44-30)29-19-13-26(14-20-29)23-38-34(42)11-5-4-6-12-35(43)39-32-10-8-7-9-31(32)37/h3,7-10,13-20,30,33,36,41H,1,4-6,11-12,21-25,37H2,2H3,(H,38,42)(H,39,43)/t30-,33+,36+/m1/s1. The van der Waals surface area contributed by atoms with Gasteiger partial charge in [0, 0.05) is 44.5 Å². The lowest BCUT2D eigenvalue weighted by atomic mass is 9.99. The van der Waals surface area contributed by atoms with Gasteiger partial charge in [0.2, 0.25) is 11.8 Å². The maximum atomic E-state index is 12.4. The zero-order valence-electron chi connectivity index (χ0n) is 26.1. The first-order chi connectivity index (χ1) is 21.8. The second-order valence-corrected chi connectivity index (χ2v) is 11.6. The van der Waals surface area contributed by atoms with Crippen LogP contribution < -0.4 is 16.4 Å². The molecule has 0 bridgehead atoms. The maximum absolute atomic E-state index is 12.4. The number of carbonyl (C=O) groups is 2. The molecule has 9 nitrogen and oxygen atoms in total. The number of unbranched alkanes of at least 4 members (excludes halogenated alkanes) is 2. The van der Waals surface area contributed by atoms with Crippen LogP contribution in [-0.2, 0) is 32.2 Å². The van der Waals surface area contributed by atoms with Gasteiger partial charge in [-0.05, 0) is 48.7 Å². The number of likely N-dealkylation sites (N-methyl/N-ethyl adjacent to an activating group) is 1. The highest BCUT2D eigenvalue weighted by Gasteiger charge is 2.32. The molecule has 1 aliphatic rings. The van der Waals surface area contributed by atoms with Crippen molar-refractivity contribution in [2.45, 2.75) is 70.2 Å². The van der Waals surface area contributed by atoms with Crippen molar-refractivity contribution in [3.05, 3.63) is 108 Å². The van der Waals surface area contributed by atoms with Crippen molar-refractivity contribution in [3.8, 4) is 0 Å². The van der Waals surface area contributed by atoms with Crippen molar-refractivity contribution < 1.29 is 24.2 Å². The van der Waals surface area contributed by atoms with E-state index in [4.69, 9.17) is 15.2 Å². The molecule has 1 aliphatic heterocycles. The second-order valence-electron chi connectivity index (χ2n) is 11.6. The van der Waals surface area contributed by atoms with E-state index in [0.29, 0.717) is 37.2 Å². The predicted molar refractivity (Wildman–Crippen MR) is 177 cm³/mol. The molecule has 5 N–H and O–H groups in total. The van der Waals surface area contributed by atoms with Crippen molar-refractivity contribution in [3.63, 3.8) is 0 Å². The number of ether oxygens (including phenoxy) is 2. The summed E-state index contributed by atoms with van der Waals surface area (Å²) in [5.41, 5.74) is 10.9. The van der Waals surface area contributed by atoms with Crippen LogP contribution in [0.25, 0.3) is 0 Å². The quantitative estimate of drug-likeness (QED) is 0.0936. The summed E-state index contributed by atoms with van der Waals surface area (Å²) in [7, 11) is 2.05. The van der Waals surface area contributed by atoms with Crippen molar-refractivity contribution in [1.29, 1.82) is 0 Å². The molecule has 0 aliphatic carbocycles. The molecule has 3 aromatic carbocycles. The molecule has 1 saturated heterocycles. The van der Waals surface area contributed by atoms with E-state index in [0.717, 1.165) is 54.6 Å². The van der Waals surface area contributed by atoms with Gasteiger partial charge < -0.3 is 35.8 Å². The lowest BCUT2D eigenvalue weighted by molar-refractivity contribution is -0.252. The van der Waals surface area contributed by atoms with Crippen LogP contribution in [0, 0.1) is 0 Å². The summed E-state index contributed by atoms with van der Waals surface area (Å²) < 4.78 is 12.8. The number of anilines is 2. The first-order valence-electron chi connectivity index (χ1n) is 15.6. The van der Waals surface area contributed by atoms with Crippen LogP contribution in [0.4, 0.5) is 11.4 Å². The first-order valence-corrected chi connectivity index (χ1v) is 15.6. The Kier molecular flexibility index (Phi) is 13.1. The minimum absolute atomic E-state index is 0.00548. The minimum Gasteiger partial charge on any atom is -0.397 e. The molecule has 4 rings (SSSR count). The fourth-order valence-electron chi connectivity index (χ4n) is 5.33. The number of para-hydroxylation sites is 2. The zero-order chi connectivity index (χ0) is 32.0. The Morgan fingerprint density at radius 1 is 0.933 bits per heavy atom. The second kappa shape index (κ2) is 17.5. The Hall–Kier alpha value is -4.02. The molecule has 1 fully saturated rings. The molecule has 3 aromatic rings. The van der Waals surface area contributed by atoms with Crippen molar-refractivity contribution in [2.24, 2.45) is 0 Å². The number of amides is 2. The molecule has 0 aromatic heterocycles. The summed E-state index contributed by atoms with van der Waals surface area (Å²) in [6, 6.07) is 23.0. The Morgan fingerprint density at radius 2 is 1.60 bits per heavy atom. The SMILES string of the molecule is C=CCN(C)C[C@H]1C[C@@H](c2ccc(CO)cc2)O[C@@H](c2ccc(CNC(=O)CCCCCC(=O)Nc3ccccc3N)cc2)O1. The van der Waals surface area contributed by atoms with Gasteiger partial charge in [-0.2, -0.15) is 0 Å². The summed E-state index contributed by atoms with van der Waals surface area (Å²) in [4.78, 5) is 26.8. The highest BCUT2D eigenvalue weighted by atomic mass is 16.7. The third-order valence-electron chi connectivity index (χ3n) is 7.86. The van der Waals surface area contributed by atoms with Gasteiger partial charge in [-0.15, -0.1) is 6.58 Å². The van der Waals surface area contributed by atoms with Crippen LogP contribution in [0.3, 0.4) is 0 Å². The van der Waals surface area contributed by atoms with E-state index in [-0.39, 0.29) is 30.6 Å². The lowest BCUT2D eigenvalue weighted by Crippen LogP contribution is -2.37. The molecule has 9 heteroatoms. The van der Waals surface area contributed by atoms with Gasteiger partial charge in [0.1, 0.15) is 0 Å². The number of nitrogens with two attached hydrogens (primary N) is 1. The van der Waals surface area contributed by atoms with Crippen molar-refractivity contribution >= 4 is 23.2 Å². The number of nitrogen functional groups attached to an aromatic ring is 1. The van der Waals surface area contributed by atoms with Crippen molar-refractivity contribution in [1.82, 2.24) is 10.2 Å². The smallest absolute Gasteiger partial charge is 0.224 e. The zero-order valence-corrected chi connectivity index (χ0v) is 26.1. The molecular weight excluding hydrogens is 568 g/mol. The maximum Gasteiger partial charge on any atom is 0.224 e. The Bertz CT molecular complexity index is 1380. The number of benzene rings is 3. The Morgan fingerprint density at radius 3 is 2.29 bits per heavy atom. The topological polar surface area (TPSA) is 126 Å². The Balaban J connectivity index is 1.22. The average Bonchev–Trinajstić information content (AvgIpc) is 3.05. The van der Waals surface area contributed by atoms with E-state index in [1.165, 1.54) is 0 Å². The van der Waals surface area contributed by atoms with Gasteiger partial charge in [0.05, 0.1) is 30.2 Å². The van der Waals surface area contributed by atoms with Crippen LogP contribution in [0.15, 0.2) is 85.5 Å². The summed E-state index contributed by atoms with van der Waals surface area (Å²) in [6.45, 7) is 5.79. The fraction of sp³-hybridized carbons (Fsp3) is 0.389. The van der Waals surface area contributed by atoms with E-state index in [9.17, 15) is 14.7 Å². The first kappa shape index (κ1) is 33.9. The third-order valence-corrected chi connectivity index (χ3v) is 7.86. The van der Waals surface area contributed by atoms with Crippen molar-refractivity contribution in [2.75, 3.05) is 31.2 Å². The summed E-state index contributed by atoms with van der Waals surface area (Å²) in [5.74, 6) is -0.0892. The number of nitrogens with one attached hydrogen (secondary N) is 2. The number of hydrogen-bond donors (Lipinski definition) is 4. The molecule has 45 heavy (non-hydrogen) atoms. The monoisotopic (exact) mass is 614 g/mol. The van der Waals surface area contributed by atoms with Gasteiger partial charge in [-0.1, -0.05) is 73.2 Å². The van der Waals surface area contributed by atoms with Gasteiger partial charge in [-0.3, -0.25) is 9.59 Å². The summed E-state index contributed by atoms with van der Waals surface area (Å²) in [6.07, 6.45) is 4.91. The van der Waals surface area contributed by atoms with Crippen LogP contribution in [0.2, 0.25) is 0 Å². The fourth-order valence-corrected chi connectivity index (χ4v) is 5.33. The summed E-state index contributed by atoms with van der Waals surface area (Å²) in [5, 5.41) is 15.2. The Labute approximate surface area is 266 Å². The number of rotatable bonds is 16. The van der Waals surface area contributed by atoms with Gasteiger partial charge >= 0.3 is 0 Å². The van der Waals surface area contributed by atoms with Gasteiger partial charge in [-0.25, -0.2) is 0 Å². The molecule has 0 unspecified atom stereocenters. The lowest BCUT2D eigenvalue weighted by Gasteiger charge is -2.37. The molecule has 3 atom stereocenters. The largest absolute Gasteiger partial charge is 0.397 e. The van der Waals surface area contributed by atoms with Gasteiger partial charge in [0.15, 0.2) is 6.29 Å². The minimum atomic E-state index is -0.529. The highest BCUT2D eigenvalue weighted by Crippen LogP contribution is 2.38. The highest BCUT2D eigenvalue weighted by molar-refractivity contribution is 5.93. The van der Waals surface area contributed by atoms with E-state index in [2.05, 4.69) is 22.1 Å². The molecule has 0 radical (unpaired) electrons. The van der Waals surface area contributed by atoms with E-state index in [1.54, 1.807) is 12.1 Å².